The van der Waals surface area contributed by atoms with Gasteiger partial charge in [-0.25, -0.2) is 9.97 Å². The van der Waals surface area contributed by atoms with E-state index < -0.39 is 0 Å². The van der Waals surface area contributed by atoms with Gasteiger partial charge < -0.3 is 5.73 Å². The van der Waals surface area contributed by atoms with Crippen LogP contribution in [0.25, 0.3) is 0 Å². The van der Waals surface area contributed by atoms with Crippen LogP contribution in [-0.2, 0) is 0 Å². The molecule has 0 atom stereocenters. The van der Waals surface area contributed by atoms with Crippen molar-refractivity contribution in [3.05, 3.63) is 11.8 Å². The lowest BCUT2D eigenvalue weighted by Gasteiger charge is -2.12. The first-order valence-electron chi connectivity index (χ1n) is 6.02. The Morgan fingerprint density at radius 1 is 1.19 bits per heavy atom. The average Bonchev–Trinajstić information content (AvgIpc) is 2.44. The Morgan fingerprint density at radius 3 is 2.50 bits per heavy atom. The predicted molar refractivity (Wildman–Crippen MR) is 68.5 cm³/mol. The molecule has 3 nitrogen and oxygen atoms in total. The lowest BCUT2D eigenvalue weighted by Crippen LogP contribution is -2.04. The molecule has 0 aliphatic heterocycles. The molecule has 0 radical (unpaired) electrons. The highest BCUT2D eigenvalue weighted by molar-refractivity contribution is 7.99. The highest BCUT2D eigenvalue weighted by Gasteiger charge is 2.15. The zero-order chi connectivity index (χ0) is 11.4. The van der Waals surface area contributed by atoms with Gasteiger partial charge in [0.1, 0.15) is 5.82 Å². The summed E-state index contributed by atoms with van der Waals surface area (Å²) in [6.45, 7) is 1.97. The van der Waals surface area contributed by atoms with Crippen molar-refractivity contribution >= 4 is 17.6 Å². The Hall–Kier alpha value is -0.770. The second kappa shape index (κ2) is 5.53. The number of nitrogen functional groups attached to an aromatic ring is 1. The van der Waals surface area contributed by atoms with Gasteiger partial charge in [-0.05, 0) is 19.8 Å². The molecule has 0 bridgehead atoms. The molecule has 1 fully saturated rings. The number of thioether (sulfide) groups is 1. The summed E-state index contributed by atoms with van der Waals surface area (Å²) in [5.74, 6) is 0.587. The number of aryl methyl sites for hydroxylation is 1. The van der Waals surface area contributed by atoms with Crippen LogP contribution in [0.1, 0.15) is 44.2 Å². The summed E-state index contributed by atoms with van der Waals surface area (Å²) in [6, 6.07) is 1.82. The smallest absolute Gasteiger partial charge is 0.189 e. The zero-order valence-corrected chi connectivity index (χ0v) is 10.6. The lowest BCUT2D eigenvalue weighted by atomic mass is 10.2. The highest BCUT2D eigenvalue weighted by Crippen LogP contribution is 2.31. The number of hydrogen-bond acceptors (Lipinski definition) is 4. The zero-order valence-electron chi connectivity index (χ0n) is 9.78. The first kappa shape index (κ1) is 11.7. The first-order chi connectivity index (χ1) is 7.74. The van der Waals surface area contributed by atoms with E-state index in [1.807, 2.05) is 13.0 Å². The van der Waals surface area contributed by atoms with E-state index in [0.29, 0.717) is 11.1 Å². The van der Waals surface area contributed by atoms with Gasteiger partial charge in [0.15, 0.2) is 5.16 Å². The molecule has 0 saturated heterocycles. The maximum atomic E-state index is 5.73. The molecule has 2 N–H and O–H groups in total. The van der Waals surface area contributed by atoms with Crippen LogP contribution in [0.5, 0.6) is 0 Å². The van der Waals surface area contributed by atoms with Gasteiger partial charge in [-0.15, -0.1) is 0 Å². The molecule has 0 amide bonds. The Kier molecular flexibility index (Phi) is 4.04. The third kappa shape index (κ3) is 3.37. The van der Waals surface area contributed by atoms with Crippen LogP contribution >= 0.6 is 11.8 Å². The molecule has 1 aliphatic rings. The van der Waals surface area contributed by atoms with Crippen molar-refractivity contribution in [1.82, 2.24) is 9.97 Å². The fourth-order valence-corrected chi connectivity index (χ4v) is 3.35. The van der Waals surface area contributed by atoms with Crippen LogP contribution in [0.2, 0.25) is 0 Å². The molecule has 88 valence electrons. The van der Waals surface area contributed by atoms with Crippen molar-refractivity contribution in [2.24, 2.45) is 0 Å². The van der Waals surface area contributed by atoms with E-state index in [2.05, 4.69) is 9.97 Å². The largest absolute Gasteiger partial charge is 0.384 e. The molecule has 1 saturated carbocycles. The number of aromatic nitrogens is 2. The fourth-order valence-electron chi connectivity index (χ4n) is 2.13. The van der Waals surface area contributed by atoms with Crippen LogP contribution in [0.3, 0.4) is 0 Å². The van der Waals surface area contributed by atoms with E-state index in [0.717, 1.165) is 10.9 Å². The molecule has 1 aliphatic carbocycles. The van der Waals surface area contributed by atoms with Gasteiger partial charge in [0.05, 0.1) is 0 Å². The molecule has 1 aromatic rings. The summed E-state index contributed by atoms with van der Waals surface area (Å²) in [5, 5.41) is 1.54. The van der Waals surface area contributed by atoms with E-state index in [-0.39, 0.29) is 0 Å². The van der Waals surface area contributed by atoms with Crippen molar-refractivity contribution in [2.45, 2.75) is 55.9 Å². The van der Waals surface area contributed by atoms with Crippen molar-refractivity contribution < 1.29 is 0 Å². The van der Waals surface area contributed by atoms with Gasteiger partial charge in [0.2, 0.25) is 0 Å². The minimum atomic E-state index is 0.587. The summed E-state index contributed by atoms with van der Waals surface area (Å²) >= 11 is 1.80. The van der Waals surface area contributed by atoms with Crippen LogP contribution in [0, 0.1) is 6.92 Å². The van der Waals surface area contributed by atoms with Crippen LogP contribution < -0.4 is 5.73 Å². The number of nitrogens with zero attached hydrogens (tertiary/aromatic N) is 2. The van der Waals surface area contributed by atoms with Crippen LogP contribution in [0.15, 0.2) is 11.2 Å². The monoisotopic (exact) mass is 237 g/mol. The standard InChI is InChI=1S/C12H19N3S/c1-9-8-11(13)15-12(14-9)16-10-6-4-2-3-5-7-10/h8,10H,2-7H2,1H3,(H2,13,14,15). The van der Waals surface area contributed by atoms with E-state index >= 15 is 0 Å². The Balaban J connectivity index is 2.01. The molecule has 0 spiro atoms. The number of anilines is 1. The minimum Gasteiger partial charge on any atom is -0.384 e. The Labute approximate surface area is 101 Å². The maximum absolute atomic E-state index is 5.73. The van der Waals surface area contributed by atoms with Gasteiger partial charge >= 0.3 is 0 Å². The van der Waals surface area contributed by atoms with Gasteiger partial charge in [-0.1, -0.05) is 37.4 Å². The molecular formula is C12H19N3S. The number of nitrogens with two attached hydrogens (primary N) is 1. The second-order valence-corrected chi connectivity index (χ2v) is 5.72. The second-order valence-electron chi connectivity index (χ2n) is 4.45. The van der Waals surface area contributed by atoms with Crippen LogP contribution in [-0.4, -0.2) is 15.2 Å². The van der Waals surface area contributed by atoms with Crippen molar-refractivity contribution in [2.75, 3.05) is 5.73 Å². The highest BCUT2D eigenvalue weighted by atomic mass is 32.2. The van der Waals surface area contributed by atoms with Gasteiger partial charge in [0.25, 0.3) is 0 Å². The topological polar surface area (TPSA) is 51.8 Å². The summed E-state index contributed by atoms with van der Waals surface area (Å²) in [5.41, 5.74) is 6.69. The number of rotatable bonds is 2. The molecule has 1 aromatic heterocycles. The van der Waals surface area contributed by atoms with Gasteiger partial charge in [0, 0.05) is 17.0 Å². The summed E-state index contributed by atoms with van der Waals surface area (Å²) in [7, 11) is 0. The third-order valence-electron chi connectivity index (χ3n) is 2.93. The lowest BCUT2D eigenvalue weighted by molar-refractivity contribution is 0.702. The van der Waals surface area contributed by atoms with E-state index in [1.165, 1.54) is 38.5 Å². The van der Waals surface area contributed by atoms with Crippen molar-refractivity contribution in [3.63, 3.8) is 0 Å². The van der Waals surface area contributed by atoms with Crippen molar-refractivity contribution in [3.8, 4) is 0 Å². The Morgan fingerprint density at radius 2 is 1.88 bits per heavy atom. The SMILES string of the molecule is Cc1cc(N)nc(SC2CCCCCC2)n1. The minimum absolute atomic E-state index is 0.587. The first-order valence-corrected chi connectivity index (χ1v) is 6.90. The van der Waals surface area contributed by atoms with Gasteiger partial charge in [-0.3, -0.25) is 0 Å². The van der Waals surface area contributed by atoms with Crippen LogP contribution in [0.4, 0.5) is 5.82 Å². The van der Waals surface area contributed by atoms with E-state index in [1.54, 1.807) is 11.8 Å². The summed E-state index contributed by atoms with van der Waals surface area (Å²) in [4.78, 5) is 8.72. The average molecular weight is 237 g/mol. The molecule has 4 heteroatoms. The summed E-state index contributed by atoms with van der Waals surface area (Å²) < 4.78 is 0. The van der Waals surface area contributed by atoms with E-state index in [4.69, 9.17) is 5.73 Å². The predicted octanol–water partition coefficient (Wildman–Crippen LogP) is 3.18. The quantitative estimate of drug-likeness (QED) is 0.634. The normalized spacial score (nSPS) is 18.3. The maximum Gasteiger partial charge on any atom is 0.189 e. The summed E-state index contributed by atoms with van der Waals surface area (Å²) in [6.07, 6.45) is 8.05. The molecule has 1 heterocycles. The molecule has 0 aromatic carbocycles. The fraction of sp³-hybridized carbons (Fsp3) is 0.667. The Bertz CT molecular complexity index is 326. The van der Waals surface area contributed by atoms with Crippen molar-refractivity contribution in [1.29, 1.82) is 0 Å². The third-order valence-corrected chi connectivity index (χ3v) is 4.13. The van der Waals surface area contributed by atoms with Gasteiger partial charge in [-0.2, -0.15) is 0 Å². The molecule has 0 unspecified atom stereocenters. The molecular weight excluding hydrogens is 218 g/mol. The molecule has 16 heavy (non-hydrogen) atoms. The number of hydrogen-bond donors (Lipinski definition) is 1. The molecule has 2 rings (SSSR count). The van der Waals surface area contributed by atoms with E-state index in [9.17, 15) is 0 Å².